The lowest BCUT2D eigenvalue weighted by Crippen LogP contribution is -2.50. The van der Waals surface area contributed by atoms with Crippen LogP contribution in [0.5, 0.6) is 0 Å². The van der Waals surface area contributed by atoms with Crippen molar-refractivity contribution in [3.05, 3.63) is 5.53 Å². The Kier molecular flexibility index (Phi) is 4.61. The molecule has 1 aliphatic rings. The molecular formula is C10H12F3N3O2. The van der Waals surface area contributed by atoms with Crippen LogP contribution in [-0.2, 0) is 9.59 Å². The number of Topliss-reactive ketones (excluding diaryl/α,β-unsaturated/α-hetero) is 1. The molecule has 0 N–H and O–H groups in total. The van der Waals surface area contributed by atoms with Gasteiger partial charge in [0.15, 0.2) is 0 Å². The molecule has 18 heavy (non-hydrogen) atoms. The zero-order chi connectivity index (χ0) is 13.8. The first-order chi connectivity index (χ1) is 8.36. The Labute approximate surface area is 101 Å². The van der Waals surface area contributed by atoms with Gasteiger partial charge < -0.3 is 10.4 Å². The third-order valence-corrected chi connectivity index (χ3v) is 2.77. The zero-order valence-electron chi connectivity index (χ0n) is 9.48. The molecule has 0 radical (unpaired) electrons. The number of hydrogen-bond acceptors (Lipinski definition) is 2. The van der Waals surface area contributed by atoms with E-state index < -0.39 is 23.9 Å². The number of piperidine rings is 1. The first-order valence-electron chi connectivity index (χ1n) is 5.44. The summed E-state index contributed by atoms with van der Waals surface area (Å²) in [6.07, 6.45) is -3.07. The normalized spacial score (nSPS) is 20.2. The van der Waals surface area contributed by atoms with Crippen LogP contribution in [0, 0.1) is 0 Å². The fourth-order valence-electron chi connectivity index (χ4n) is 1.99. The topological polar surface area (TPSA) is 73.8 Å². The van der Waals surface area contributed by atoms with Gasteiger partial charge in [-0.05, 0) is 19.3 Å². The average Bonchev–Trinajstić information content (AvgIpc) is 2.28. The lowest BCUT2D eigenvalue weighted by molar-refractivity contribution is -0.189. The predicted octanol–water partition coefficient (Wildman–Crippen LogP) is 1.19. The molecule has 0 bridgehead atoms. The van der Waals surface area contributed by atoms with Crippen molar-refractivity contribution in [3.8, 4) is 0 Å². The molecule has 100 valence electrons. The third kappa shape index (κ3) is 3.66. The zero-order valence-corrected chi connectivity index (χ0v) is 9.48. The summed E-state index contributed by atoms with van der Waals surface area (Å²) in [4.78, 5) is 25.6. The number of halogens is 3. The maximum absolute atomic E-state index is 12.4. The van der Waals surface area contributed by atoms with Crippen molar-refractivity contribution in [1.82, 2.24) is 4.90 Å². The van der Waals surface area contributed by atoms with Crippen LogP contribution in [0.3, 0.4) is 0 Å². The second-order valence-electron chi connectivity index (χ2n) is 4.06. The highest BCUT2D eigenvalue weighted by molar-refractivity contribution is 6.25. The minimum atomic E-state index is -4.93. The number of amides is 1. The summed E-state index contributed by atoms with van der Waals surface area (Å²) in [5, 5.41) is 0. The fourth-order valence-corrected chi connectivity index (χ4v) is 1.99. The Morgan fingerprint density at radius 1 is 1.39 bits per heavy atom. The Morgan fingerprint density at radius 3 is 2.61 bits per heavy atom. The van der Waals surface area contributed by atoms with Gasteiger partial charge in [-0.1, -0.05) is 0 Å². The third-order valence-electron chi connectivity index (χ3n) is 2.77. The van der Waals surface area contributed by atoms with E-state index >= 15 is 0 Å². The van der Waals surface area contributed by atoms with Crippen molar-refractivity contribution in [2.75, 3.05) is 6.54 Å². The molecule has 1 fully saturated rings. The SMILES string of the molecule is [N-]=[N+]=CC(=O)CC1CCCCN1C(=O)C(F)(F)F. The number of hydrogen-bond donors (Lipinski definition) is 0. The van der Waals surface area contributed by atoms with Crippen LogP contribution in [-0.4, -0.2) is 46.4 Å². The predicted molar refractivity (Wildman–Crippen MR) is 54.7 cm³/mol. The van der Waals surface area contributed by atoms with Crippen LogP contribution in [0.4, 0.5) is 13.2 Å². The van der Waals surface area contributed by atoms with Crippen LogP contribution < -0.4 is 0 Å². The Bertz CT molecular complexity index is 388. The molecule has 0 aromatic heterocycles. The first kappa shape index (κ1) is 14.4. The van der Waals surface area contributed by atoms with Crippen LogP contribution in [0.2, 0.25) is 0 Å². The van der Waals surface area contributed by atoms with Crippen molar-refractivity contribution in [1.29, 1.82) is 0 Å². The van der Waals surface area contributed by atoms with Crippen molar-refractivity contribution >= 4 is 17.9 Å². The summed E-state index contributed by atoms with van der Waals surface area (Å²) in [5.41, 5.74) is 8.16. The molecule has 0 aromatic rings. The van der Waals surface area contributed by atoms with E-state index in [0.717, 1.165) is 0 Å². The molecule has 0 spiro atoms. The average molecular weight is 263 g/mol. The van der Waals surface area contributed by atoms with E-state index in [2.05, 4.69) is 4.79 Å². The summed E-state index contributed by atoms with van der Waals surface area (Å²) >= 11 is 0. The van der Waals surface area contributed by atoms with Gasteiger partial charge in [-0.25, -0.2) is 0 Å². The fraction of sp³-hybridized carbons (Fsp3) is 0.700. The minimum Gasteiger partial charge on any atom is -0.361 e. The largest absolute Gasteiger partial charge is 0.471 e. The first-order valence-corrected chi connectivity index (χ1v) is 5.44. The van der Waals surface area contributed by atoms with E-state index in [-0.39, 0.29) is 13.0 Å². The molecule has 1 rings (SSSR count). The van der Waals surface area contributed by atoms with Gasteiger partial charge in [-0.15, -0.1) is 0 Å². The molecule has 1 amide bonds. The van der Waals surface area contributed by atoms with Gasteiger partial charge in [-0.3, -0.25) is 9.59 Å². The standard InChI is InChI=1S/C10H12F3N3O2/c11-10(12,13)9(18)16-4-2-1-3-7(16)5-8(17)6-15-14/h6-7H,1-5H2. The lowest BCUT2D eigenvalue weighted by atomic mass is 9.97. The van der Waals surface area contributed by atoms with Crippen LogP contribution in [0.15, 0.2) is 0 Å². The van der Waals surface area contributed by atoms with Crippen molar-refractivity contribution in [2.45, 2.75) is 37.9 Å². The van der Waals surface area contributed by atoms with Crippen LogP contribution >= 0.6 is 0 Å². The summed E-state index contributed by atoms with van der Waals surface area (Å²) in [5.74, 6) is -2.52. The molecule has 1 heterocycles. The smallest absolute Gasteiger partial charge is 0.361 e. The monoisotopic (exact) mass is 263 g/mol. The highest BCUT2D eigenvalue weighted by atomic mass is 19.4. The van der Waals surface area contributed by atoms with E-state index in [9.17, 15) is 22.8 Å². The van der Waals surface area contributed by atoms with E-state index in [1.54, 1.807) is 0 Å². The second kappa shape index (κ2) is 5.77. The number of carbonyl (C=O) groups is 2. The van der Waals surface area contributed by atoms with E-state index in [0.29, 0.717) is 30.4 Å². The molecule has 5 nitrogen and oxygen atoms in total. The van der Waals surface area contributed by atoms with Crippen molar-refractivity contribution in [2.24, 2.45) is 0 Å². The minimum absolute atomic E-state index is 0.00738. The van der Waals surface area contributed by atoms with Gasteiger partial charge in [-0.2, -0.15) is 18.0 Å². The van der Waals surface area contributed by atoms with E-state index in [1.165, 1.54) is 0 Å². The quantitative estimate of drug-likeness (QED) is 0.436. The van der Waals surface area contributed by atoms with Gasteiger partial charge >= 0.3 is 18.3 Å². The number of nitrogens with zero attached hydrogens (tertiary/aromatic N) is 3. The van der Waals surface area contributed by atoms with Gasteiger partial charge in [0.05, 0.1) is 0 Å². The summed E-state index contributed by atoms with van der Waals surface area (Å²) < 4.78 is 37.1. The van der Waals surface area contributed by atoms with Crippen LogP contribution in [0.25, 0.3) is 5.53 Å². The molecule has 1 atom stereocenters. The van der Waals surface area contributed by atoms with Crippen molar-refractivity contribution in [3.63, 3.8) is 0 Å². The molecule has 0 aliphatic carbocycles. The van der Waals surface area contributed by atoms with Crippen molar-refractivity contribution < 1.29 is 27.6 Å². The van der Waals surface area contributed by atoms with E-state index in [4.69, 9.17) is 5.53 Å². The maximum Gasteiger partial charge on any atom is 0.471 e. The van der Waals surface area contributed by atoms with E-state index in [1.807, 2.05) is 0 Å². The molecule has 1 aliphatic heterocycles. The Morgan fingerprint density at radius 2 is 2.06 bits per heavy atom. The Balaban J connectivity index is 2.77. The molecular weight excluding hydrogens is 251 g/mol. The lowest BCUT2D eigenvalue weighted by Gasteiger charge is -2.35. The highest BCUT2D eigenvalue weighted by Gasteiger charge is 2.45. The number of rotatable bonds is 3. The van der Waals surface area contributed by atoms with Crippen LogP contribution in [0.1, 0.15) is 25.7 Å². The second-order valence-corrected chi connectivity index (χ2v) is 4.06. The maximum atomic E-state index is 12.4. The molecule has 0 aromatic carbocycles. The molecule has 1 saturated heterocycles. The number of ketones is 1. The number of carbonyl (C=O) groups excluding carboxylic acids is 2. The van der Waals surface area contributed by atoms with Gasteiger partial charge in [0.1, 0.15) is 0 Å². The van der Waals surface area contributed by atoms with Gasteiger partial charge in [0.2, 0.25) is 5.78 Å². The molecule has 1 unspecified atom stereocenters. The number of likely N-dealkylation sites (tertiary alicyclic amines) is 1. The molecule has 8 heteroatoms. The number of alkyl halides is 3. The summed E-state index contributed by atoms with van der Waals surface area (Å²) in [6, 6.07) is -0.779. The summed E-state index contributed by atoms with van der Waals surface area (Å²) in [6.45, 7) is -0.00738. The van der Waals surface area contributed by atoms with Gasteiger partial charge in [0.25, 0.3) is 0 Å². The highest BCUT2D eigenvalue weighted by Crippen LogP contribution is 2.26. The summed E-state index contributed by atoms with van der Waals surface area (Å²) in [7, 11) is 0. The van der Waals surface area contributed by atoms with Gasteiger partial charge in [0, 0.05) is 19.0 Å². The Hall–Kier alpha value is -1.69. The molecule has 0 saturated carbocycles.